The van der Waals surface area contributed by atoms with Crippen molar-refractivity contribution in [2.45, 2.75) is 38.0 Å². The number of carbonyl (C=O) groups excluding carboxylic acids is 2. The third kappa shape index (κ3) is 4.80. The Hall–Kier alpha value is -1.92. The predicted octanol–water partition coefficient (Wildman–Crippen LogP) is 1.01. The quantitative estimate of drug-likeness (QED) is 0.836. The van der Waals surface area contributed by atoms with Crippen LogP contribution in [0.3, 0.4) is 0 Å². The zero-order chi connectivity index (χ0) is 17.6. The second-order valence-corrected chi connectivity index (χ2v) is 6.87. The van der Waals surface area contributed by atoms with Crippen LogP contribution >= 0.6 is 0 Å². The van der Waals surface area contributed by atoms with E-state index in [4.69, 9.17) is 4.74 Å². The van der Waals surface area contributed by atoms with Gasteiger partial charge in [0, 0.05) is 39.8 Å². The highest BCUT2D eigenvalue weighted by atomic mass is 16.5. The van der Waals surface area contributed by atoms with E-state index >= 15 is 0 Å². The fourth-order valence-corrected chi connectivity index (χ4v) is 3.44. The van der Waals surface area contributed by atoms with Gasteiger partial charge in [0.2, 0.25) is 11.8 Å². The largest absolute Gasteiger partial charge is 0.376 e. The van der Waals surface area contributed by atoms with Gasteiger partial charge in [-0.3, -0.25) is 9.59 Å². The normalized spacial score (nSPS) is 23.7. The lowest BCUT2D eigenvalue weighted by Gasteiger charge is -2.34. The van der Waals surface area contributed by atoms with Crippen LogP contribution in [0.5, 0.6) is 0 Å². The van der Waals surface area contributed by atoms with Crippen LogP contribution in [0.1, 0.15) is 24.8 Å². The molecule has 2 aliphatic rings. The number of piperazine rings is 1. The molecule has 0 radical (unpaired) electrons. The van der Waals surface area contributed by atoms with E-state index in [0.717, 1.165) is 31.6 Å². The van der Waals surface area contributed by atoms with Crippen LogP contribution in [0.2, 0.25) is 0 Å². The molecule has 3 rings (SSSR count). The van der Waals surface area contributed by atoms with Crippen LogP contribution in [0, 0.1) is 0 Å². The third-order valence-electron chi connectivity index (χ3n) is 4.90. The molecule has 2 heterocycles. The fourth-order valence-electron chi connectivity index (χ4n) is 3.44. The summed E-state index contributed by atoms with van der Waals surface area (Å²) in [6, 6.07) is 9.44. The Kier molecular flexibility index (Phi) is 6.04. The molecule has 0 aromatic heterocycles. The average Bonchev–Trinajstić information content (AvgIpc) is 3.12. The Labute approximate surface area is 149 Å². The molecule has 1 aromatic carbocycles. The van der Waals surface area contributed by atoms with Crippen molar-refractivity contribution in [2.24, 2.45) is 0 Å². The van der Waals surface area contributed by atoms with Crippen LogP contribution < -0.4 is 5.32 Å². The molecule has 1 aromatic rings. The molecule has 2 aliphatic heterocycles. The van der Waals surface area contributed by atoms with Gasteiger partial charge in [-0.05, 0) is 18.4 Å². The van der Waals surface area contributed by atoms with Gasteiger partial charge in [-0.2, -0.15) is 0 Å². The maximum Gasteiger partial charge on any atom is 0.240 e. The molecule has 2 amide bonds. The first-order valence-electron chi connectivity index (χ1n) is 9.05. The Morgan fingerprint density at radius 2 is 2.16 bits per heavy atom. The van der Waals surface area contributed by atoms with E-state index in [0.29, 0.717) is 19.6 Å². The van der Waals surface area contributed by atoms with Crippen molar-refractivity contribution in [1.29, 1.82) is 0 Å². The van der Waals surface area contributed by atoms with Crippen LogP contribution in [-0.4, -0.2) is 67.0 Å². The van der Waals surface area contributed by atoms with Crippen molar-refractivity contribution >= 4 is 11.8 Å². The highest BCUT2D eigenvalue weighted by Crippen LogP contribution is 2.16. The van der Waals surface area contributed by atoms with E-state index in [1.807, 2.05) is 35.2 Å². The van der Waals surface area contributed by atoms with Crippen molar-refractivity contribution in [3.05, 3.63) is 35.9 Å². The lowest BCUT2D eigenvalue weighted by Crippen LogP contribution is -2.57. The molecule has 2 atom stereocenters. The molecular formula is C19H27N3O3. The first-order chi connectivity index (χ1) is 12.1. The Balaban J connectivity index is 1.51. The van der Waals surface area contributed by atoms with E-state index in [9.17, 15) is 9.59 Å². The minimum atomic E-state index is -0.430. The SMILES string of the molecule is CN(Cc1ccccc1)C(=O)CC1NCCN(CC2CCCO2)C1=O. The summed E-state index contributed by atoms with van der Waals surface area (Å²) in [5.41, 5.74) is 1.08. The summed E-state index contributed by atoms with van der Waals surface area (Å²) in [6.07, 6.45) is 2.43. The van der Waals surface area contributed by atoms with Crippen molar-refractivity contribution < 1.29 is 14.3 Å². The van der Waals surface area contributed by atoms with Crippen molar-refractivity contribution in [3.63, 3.8) is 0 Å². The van der Waals surface area contributed by atoms with Gasteiger partial charge in [0.25, 0.3) is 0 Å². The lowest BCUT2D eigenvalue weighted by atomic mass is 10.1. The van der Waals surface area contributed by atoms with Gasteiger partial charge in [-0.15, -0.1) is 0 Å². The number of hydrogen-bond donors (Lipinski definition) is 1. The van der Waals surface area contributed by atoms with Crippen molar-refractivity contribution in [1.82, 2.24) is 15.1 Å². The molecule has 136 valence electrons. The number of nitrogens with one attached hydrogen (secondary N) is 1. The fraction of sp³-hybridized carbons (Fsp3) is 0.579. The molecule has 0 bridgehead atoms. The monoisotopic (exact) mass is 345 g/mol. The smallest absolute Gasteiger partial charge is 0.240 e. The lowest BCUT2D eigenvalue weighted by molar-refractivity contribution is -0.141. The molecule has 25 heavy (non-hydrogen) atoms. The summed E-state index contributed by atoms with van der Waals surface area (Å²) in [4.78, 5) is 28.7. The van der Waals surface area contributed by atoms with Crippen LogP contribution in [0.4, 0.5) is 0 Å². The molecular weight excluding hydrogens is 318 g/mol. The van der Waals surface area contributed by atoms with E-state index < -0.39 is 6.04 Å². The number of hydrogen-bond acceptors (Lipinski definition) is 4. The van der Waals surface area contributed by atoms with E-state index in [-0.39, 0.29) is 24.3 Å². The number of carbonyl (C=O) groups is 2. The van der Waals surface area contributed by atoms with Gasteiger partial charge < -0.3 is 19.9 Å². The highest BCUT2D eigenvalue weighted by Gasteiger charge is 2.32. The predicted molar refractivity (Wildman–Crippen MR) is 94.9 cm³/mol. The molecule has 2 fully saturated rings. The summed E-state index contributed by atoms with van der Waals surface area (Å²) in [6.45, 7) is 3.39. The van der Waals surface area contributed by atoms with Gasteiger partial charge in [-0.1, -0.05) is 30.3 Å². The third-order valence-corrected chi connectivity index (χ3v) is 4.90. The first kappa shape index (κ1) is 17.9. The van der Waals surface area contributed by atoms with Gasteiger partial charge in [0.15, 0.2) is 0 Å². The molecule has 1 N–H and O–H groups in total. The summed E-state index contributed by atoms with van der Waals surface area (Å²) in [7, 11) is 1.78. The van der Waals surface area contributed by atoms with Gasteiger partial charge >= 0.3 is 0 Å². The number of ether oxygens (including phenoxy) is 1. The number of benzene rings is 1. The van der Waals surface area contributed by atoms with Crippen LogP contribution in [0.15, 0.2) is 30.3 Å². The first-order valence-corrected chi connectivity index (χ1v) is 9.05. The van der Waals surface area contributed by atoms with E-state index in [1.54, 1.807) is 11.9 Å². The number of nitrogens with zero attached hydrogens (tertiary/aromatic N) is 2. The number of rotatable bonds is 6. The zero-order valence-electron chi connectivity index (χ0n) is 14.8. The maximum absolute atomic E-state index is 12.7. The minimum Gasteiger partial charge on any atom is -0.376 e. The van der Waals surface area contributed by atoms with Crippen molar-refractivity contribution in [3.8, 4) is 0 Å². The van der Waals surface area contributed by atoms with Gasteiger partial charge in [-0.25, -0.2) is 0 Å². The molecule has 2 unspecified atom stereocenters. The molecule has 6 heteroatoms. The molecule has 0 spiro atoms. The summed E-state index contributed by atoms with van der Waals surface area (Å²) in [5.74, 6) is -0.00289. The average molecular weight is 345 g/mol. The minimum absolute atomic E-state index is 0.0169. The summed E-state index contributed by atoms with van der Waals surface area (Å²) in [5, 5.41) is 3.19. The standard InChI is InChI=1S/C19H27N3O3/c1-21(13-15-6-3-2-4-7-15)18(23)12-17-19(24)22(10-9-20-17)14-16-8-5-11-25-16/h2-4,6-7,16-17,20H,5,8-14H2,1H3. The van der Waals surface area contributed by atoms with Crippen LogP contribution in [-0.2, 0) is 20.9 Å². The van der Waals surface area contributed by atoms with Crippen LogP contribution in [0.25, 0.3) is 0 Å². The van der Waals surface area contributed by atoms with Gasteiger partial charge in [0.05, 0.1) is 18.6 Å². The molecule has 2 saturated heterocycles. The second-order valence-electron chi connectivity index (χ2n) is 6.87. The zero-order valence-corrected chi connectivity index (χ0v) is 14.8. The van der Waals surface area contributed by atoms with Gasteiger partial charge in [0.1, 0.15) is 0 Å². The Bertz CT molecular complexity index is 587. The topological polar surface area (TPSA) is 61.9 Å². The molecule has 0 aliphatic carbocycles. The molecule has 0 saturated carbocycles. The summed E-state index contributed by atoms with van der Waals surface area (Å²) < 4.78 is 5.64. The summed E-state index contributed by atoms with van der Waals surface area (Å²) >= 11 is 0. The van der Waals surface area contributed by atoms with E-state index in [2.05, 4.69) is 5.32 Å². The highest BCUT2D eigenvalue weighted by molar-refractivity contribution is 5.88. The Morgan fingerprint density at radius 3 is 2.88 bits per heavy atom. The number of amides is 2. The maximum atomic E-state index is 12.7. The Morgan fingerprint density at radius 1 is 1.36 bits per heavy atom. The molecule has 6 nitrogen and oxygen atoms in total. The van der Waals surface area contributed by atoms with Crippen molar-refractivity contribution in [2.75, 3.05) is 33.3 Å². The van der Waals surface area contributed by atoms with E-state index in [1.165, 1.54) is 0 Å². The second kappa shape index (κ2) is 8.45.